The molecule has 1 aromatic rings. The number of sulfone groups is 1. The molecule has 2 heterocycles. The summed E-state index contributed by atoms with van der Waals surface area (Å²) in [7, 11) is -3.03. The van der Waals surface area contributed by atoms with Crippen LogP contribution in [0.4, 0.5) is 0 Å². The Labute approximate surface area is 140 Å². The zero-order valence-corrected chi connectivity index (χ0v) is 14.0. The largest absolute Gasteiger partial charge is 0.378 e. The molecule has 1 aromatic carbocycles. The van der Waals surface area contributed by atoms with Crippen LogP contribution in [0.3, 0.4) is 0 Å². The summed E-state index contributed by atoms with van der Waals surface area (Å²) in [5.74, 6) is -0.285. The van der Waals surface area contributed by atoms with Crippen LogP contribution in [0.5, 0.6) is 0 Å². The molecular formula is C16H20N2O5S. The van der Waals surface area contributed by atoms with Crippen molar-refractivity contribution in [3.05, 3.63) is 35.4 Å². The lowest BCUT2D eigenvalue weighted by atomic mass is 10.1. The van der Waals surface area contributed by atoms with Crippen molar-refractivity contribution >= 4 is 21.7 Å². The van der Waals surface area contributed by atoms with Crippen molar-refractivity contribution < 1.29 is 22.7 Å². The Kier molecular flexibility index (Phi) is 4.86. The Hall–Kier alpha value is -1.93. The third kappa shape index (κ3) is 3.93. The van der Waals surface area contributed by atoms with E-state index in [1.165, 1.54) is 0 Å². The van der Waals surface area contributed by atoms with Gasteiger partial charge in [-0.25, -0.2) is 8.42 Å². The first-order valence-corrected chi connectivity index (χ1v) is 9.75. The van der Waals surface area contributed by atoms with E-state index in [1.54, 1.807) is 29.2 Å². The fourth-order valence-electron chi connectivity index (χ4n) is 2.89. The number of hydrogen-bond donors (Lipinski definition) is 1. The van der Waals surface area contributed by atoms with E-state index in [-0.39, 0.29) is 29.4 Å². The lowest BCUT2D eigenvalue weighted by Gasteiger charge is -2.26. The van der Waals surface area contributed by atoms with E-state index in [4.69, 9.17) is 4.74 Å². The van der Waals surface area contributed by atoms with E-state index in [9.17, 15) is 18.0 Å². The minimum Gasteiger partial charge on any atom is -0.378 e. The Bertz CT molecular complexity index is 723. The monoisotopic (exact) mass is 352 g/mol. The van der Waals surface area contributed by atoms with Crippen LogP contribution in [0.1, 0.15) is 27.1 Å². The third-order valence-corrected chi connectivity index (χ3v) is 6.03. The van der Waals surface area contributed by atoms with Gasteiger partial charge in [-0.1, -0.05) is 0 Å². The van der Waals surface area contributed by atoms with Crippen LogP contribution in [-0.2, 0) is 14.6 Å². The van der Waals surface area contributed by atoms with E-state index < -0.39 is 9.84 Å². The molecule has 2 saturated heterocycles. The molecule has 2 aliphatic rings. The lowest BCUT2D eigenvalue weighted by molar-refractivity contribution is 0.0303. The van der Waals surface area contributed by atoms with Crippen molar-refractivity contribution in [2.45, 2.75) is 12.5 Å². The molecule has 24 heavy (non-hydrogen) atoms. The highest BCUT2D eigenvalue weighted by Gasteiger charge is 2.29. The zero-order chi connectivity index (χ0) is 17.2. The molecule has 1 atom stereocenters. The van der Waals surface area contributed by atoms with Gasteiger partial charge in [-0.15, -0.1) is 0 Å². The number of benzene rings is 1. The van der Waals surface area contributed by atoms with Gasteiger partial charge in [-0.05, 0) is 30.7 Å². The third-order valence-electron chi connectivity index (χ3n) is 4.26. The van der Waals surface area contributed by atoms with Crippen molar-refractivity contribution in [3.63, 3.8) is 0 Å². The topological polar surface area (TPSA) is 92.8 Å². The van der Waals surface area contributed by atoms with Crippen LogP contribution in [0.25, 0.3) is 0 Å². The Morgan fingerprint density at radius 3 is 2.29 bits per heavy atom. The second-order valence-corrected chi connectivity index (χ2v) is 8.28. The van der Waals surface area contributed by atoms with Gasteiger partial charge in [-0.2, -0.15) is 0 Å². The molecule has 0 radical (unpaired) electrons. The summed E-state index contributed by atoms with van der Waals surface area (Å²) in [6, 6.07) is 6.09. The molecular weight excluding hydrogens is 332 g/mol. The maximum absolute atomic E-state index is 12.3. The van der Waals surface area contributed by atoms with Crippen LogP contribution in [0.2, 0.25) is 0 Å². The molecule has 0 aromatic heterocycles. The minimum atomic E-state index is -3.03. The first kappa shape index (κ1) is 16.9. The predicted octanol–water partition coefficient (Wildman–Crippen LogP) is 0.0759. The van der Waals surface area contributed by atoms with Crippen LogP contribution in [0.15, 0.2) is 24.3 Å². The maximum atomic E-state index is 12.3. The number of morpholine rings is 1. The fraction of sp³-hybridized carbons (Fsp3) is 0.500. The van der Waals surface area contributed by atoms with E-state index >= 15 is 0 Å². The summed E-state index contributed by atoms with van der Waals surface area (Å²) in [4.78, 5) is 26.2. The van der Waals surface area contributed by atoms with Gasteiger partial charge in [0.15, 0.2) is 9.84 Å². The Morgan fingerprint density at radius 2 is 1.71 bits per heavy atom. The second-order valence-electron chi connectivity index (χ2n) is 6.06. The number of rotatable bonds is 3. The van der Waals surface area contributed by atoms with Gasteiger partial charge in [0.1, 0.15) is 0 Å². The molecule has 7 nitrogen and oxygen atoms in total. The molecule has 0 spiro atoms. The van der Waals surface area contributed by atoms with Crippen molar-refractivity contribution in [2.24, 2.45) is 0 Å². The van der Waals surface area contributed by atoms with E-state index in [2.05, 4.69) is 5.32 Å². The van der Waals surface area contributed by atoms with Crippen LogP contribution in [-0.4, -0.2) is 69.0 Å². The number of carbonyl (C=O) groups is 2. The molecule has 3 rings (SSSR count). The first-order chi connectivity index (χ1) is 11.4. The predicted molar refractivity (Wildman–Crippen MR) is 87.7 cm³/mol. The van der Waals surface area contributed by atoms with Gasteiger partial charge < -0.3 is 15.0 Å². The smallest absolute Gasteiger partial charge is 0.254 e. The molecule has 0 aliphatic carbocycles. The summed E-state index contributed by atoms with van der Waals surface area (Å²) >= 11 is 0. The molecule has 2 amide bonds. The van der Waals surface area contributed by atoms with Crippen molar-refractivity contribution in [1.29, 1.82) is 0 Å². The van der Waals surface area contributed by atoms with Crippen molar-refractivity contribution in [2.75, 3.05) is 37.8 Å². The van der Waals surface area contributed by atoms with Crippen LogP contribution < -0.4 is 5.32 Å². The molecule has 0 saturated carbocycles. The Balaban J connectivity index is 1.61. The van der Waals surface area contributed by atoms with Crippen LogP contribution in [0, 0.1) is 0 Å². The summed E-state index contributed by atoms with van der Waals surface area (Å²) in [5.41, 5.74) is 0.940. The normalized spacial score (nSPS) is 23.0. The highest BCUT2D eigenvalue weighted by Crippen LogP contribution is 2.13. The number of hydrogen-bond acceptors (Lipinski definition) is 5. The van der Waals surface area contributed by atoms with Gasteiger partial charge in [0, 0.05) is 30.3 Å². The average molecular weight is 352 g/mol. The van der Waals surface area contributed by atoms with Crippen molar-refractivity contribution in [3.8, 4) is 0 Å². The summed E-state index contributed by atoms with van der Waals surface area (Å²) in [6.07, 6.45) is 0.446. The van der Waals surface area contributed by atoms with Gasteiger partial charge in [0.2, 0.25) is 0 Å². The minimum absolute atomic E-state index is 0.00760. The SMILES string of the molecule is O=C(NC1CCS(=O)(=O)C1)c1ccc(C(=O)N2CCOCC2)cc1. The number of nitrogens with one attached hydrogen (secondary N) is 1. The molecule has 8 heteroatoms. The number of carbonyl (C=O) groups excluding carboxylic acids is 2. The van der Waals surface area contributed by atoms with Crippen LogP contribution >= 0.6 is 0 Å². The summed E-state index contributed by atoms with van der Waals surface area (Å²) in [5, 5.41) is 2.73. The standard InChI is InChI=1S/C16H20N2O5S/c19-15(17-14-5-10-24(21,22)11-14)12-1-3-13(4-2-12)16(20)18-6-8-23-9-7-18/h1-4,14H,5-11H2,(H,17,19). The molecule has 1 unspecified atom stereocenters. The molecule has 2 aliphatic heterocycles. The Morgan fingerprint density at radius 1 is 1.08 bits per heavy atom. The summed E-state index contributed by atoms with van der Waals surface area (Å²) in [6.45, 7) is 2.21. The fourth-order valence-corrected chi connectivity index (χ4v) is 4.56. The van der Waals surface area contributed by atoms with E-state index in [0.29, 0.717) is 43.9 Å². The molecule has 130 valence electrons. The van der Waals surface area contributed by atoms with Gasteiger partial charge in [0.25, 0.3) is 11.8 Å². The van der Waals surface area contributed by atoms with Gasteiger partial charge >= 0.3 is 0 Å². The lowest BCUT2D eigenvalue weighted by Crippen LogP contribution is -2.40. The summed E-state index contributed by atoms with van der Waals surface area (Å²) < 4.78 is 28.1. The average Bonchev–Trinajstić information content (AvgIpc) is 2.93. The van der Waals surface area contributed by atoms with Gasteiger partial charge in [0.05, 0.1) is 24.7 Å². The zero-order valence-electron chi connectivity index (χ0n) is 13.2. The highest BCUT2D eigenvalue weighted by atomic mass is 32.2. The highest BCUT2D eigenvalue weighted by molar-refractivity contribution is 7.91. The molecule has 0 bridgehead atoms. The number of nitrogens with zero attached hydrogens (tertiary/aromatic N) is 1. The molecule has 1 N–H and O–H groups in total. The quantitative estimate of drug-likeness (QED) is 0.831. The van der Waals surface area contributed by atoms with E-state index in [0.717, 1.165) is 0 Å². The van der Waals surface area contributed by atoms with E-state index in [1.807, 2.05) is 0 Å². The first-order valence-electron chi connectivity index (χ1n) is 7.93. The maximum Gasteiger partial charge on any atom is 0.254 e. The number of ether oxygens (including phenoxy) is 1. The number of amides is 2. The second kappa shape index (κ2) is 6.90. The van der Waals surface area contributed by atoms with Crippen molar-refractivity contribution in [1.82, 2.24) is 10.2 Å². The molecule has 2 fully saturated rings. The van der Waals surface area contributed by atoms with Gasteiger partial charge in [-0.3, -0.25) is 9.59 Å².